The van der Waals surface area contributed by atoms with Crippen molar-refractivity contribution in [2.24, 2.45) is 5.92 Å². The number of nitrogens with one attached hydrogen (secondary N) is 1. The number of carbonyl (C=O) groups excluding carboxylic acids is 1. The summed E-state index contributed by atoms with van der Waals surface area (Å²) in [6.45, 7) is 1.99. The lowest BCUT2D eigenvalue weighted by atomic mass is 10.1. The van der Waals surface area contributed by atoms with Crippen LogP contribution in [-0.4, -0.2) is 20.9 Å². The Morgan fingerprint density at radius 3 is 2.80 bits per heavy atom. The molecule has 0 bridgehead atoms. The van der Waals surface area contributed by atoms with Crippen molar-refractivity contribution in [3.8, 4) is 0 Å². The standard InChI is InChI=1S/C18H21N5O2/c1-12-6-8-14(9-7-12)20-18-22-15(21-17(19)23-18)11-25-16(24)10-13-4-2-3-5-13/h2,4,6-9,13H,3,5,10-11H2,1H3,(H3,19,20,21,22,23)/t13-/m0/s1. The van der Waals surface area contributed by atoms with E-state index in [1.165, 1.54) is 0 Å². The average Bonchev–Trinajstić information content (AvgIpc) is 3.08. The summed E-state index contributed by atoms with van der Waals surface area (Å²) >= 11 is 0. The highest BCUT2D eigenvalue weighted by Crippen LogP contribution is 2.21. The van der Waals surface area contributed by atoms with Crippen LogP contribution in [0.3, 0.4) is 0 Å². The molecule has 0 amide bonds. The van der Waals surface area contributed by atoms with Crippen molar-refractivity contribution < 1.29 is 9.53 Å². The highest BCUT2D eigenvalue weighted by atomic mass is 16.5. The lowest BCUT2D eigenvalue weighted by molar-refractivity contribution is -0.145. The molecular weight excluding hydrogens is 318 g/mol. The Morgan fingerprint density at radius 2 is 2.08 bits per heavy atom. The number of hydrogen-bond donors (Lipinski definition) is 2. The van der Waals surface area contributed by atoms with Crippen molar-refractivity contribution in [1.29, 1.82) is 0 Å². The molecule has 130 valence electrons. The maximum absolute atomic E-state index is 11.9. The fourth-order valence-electron chi connectivity index (χ4n) is 2.61. The molecule has 0 fully saturated rings. The number of ether oxygens (including phenoxy) is 1. The molecular formula is C18H21N5O2. The Morgan fingerprint density at radius 1 is 1.28 bits per heavy atom. The molecule has 7 heteroatoms. The highest BCUT2D eigenvalue weighted by molar-refractivity contribution is 5.70. The van der Waals surface area contributed by atoms with Gasteiger partial charge in [0.05, 0.1) is 6.42 Å². The van der Waals surface area contributed by atoms with Gasteiger partial charge in [-0.25, -0.2) is 0 Å². The van der Waals surface area contributed by atoms with Crippen LogP contribution in [0.15, 0.2) is 36.4 Å². The minimum Gasteiger partial charge on any atom is -0.457 e. The zero-order valence-corrected chi connectivity index (χ0v) is 14.1. The van der Waals surface area contributed by atoms with E-state index in [0.717, 1.165) is 24.1 Å². The molecule has 1 heterocycles. The zero-order chi connectivity index (χ0) is 17.6. The van der Waals surface area contributed by atoms with Crippen molar-refractivity contribution in [2.45, 2.75) is 32.8 Å². The van der Waals surface area contributed by atoms with Gasteiger partial charge in [0.2, 0.25) is 11.9 Å². The fraction of sp³-hybridized carbons (Fsp3) is 0.333. The van der Waals surface area contributed by atoms with E-state index in [0.29, 0.717) is 18.2 Å². The molecule has 0 spiro atoms. The van der Waals surface area contributed by atoms with Crippen LogP contribution >= 0.6 is 0 Å². The molecule has 1 aromatic heterocycles. The largest absolute Gasteiger partial charge is 0.457 e. The third-order valence-corrected chi connectivity index (χ3v) is 3.91. The normalized spacial score (nSPS) is 16.0. The van der Waals surface area contributed by atoms with Gasteiger partial charge in [-0.2, -0.15) is 15.0 Å². The van der Waals surface area contributed by atoms with E-state index in [-0.39, 0.29) is 24.4 Å². The number of nitrogens with two attached hydrogens (primary N) is 1. The lowest BCUT2D eigenvalue weighted by Crippen LogP contribution is -2.12. The summed E-state index contributed by atoms with van der Waals surface area (Å²) in [4.78, 5) is 24.2. The van der Waals surface area contributed by atoms with Gasteiger partial charge in [0.25, 0.3) is 0 Å². The number of carbonyl (C=O) groups is 1. The van der Waals surface area contributed by atoms with E-state index in [2.05, 4.69) is 32.4 Å². The van der Waals surface area contributed by atoms with Crippen LogP contribution in [0.25, 0.3) is 0 Å². The first-order valence-electron chi connectivity index (χ1n) is 8.25. The first-order chi connectivity index (χ1) is 12.1. The SMILES string of the molecule is Cc1ccc(Nc2nc(N)nc(COC(=O)C[C@H]3C=CCC3)n2)cc1. The molecule has 1 atom stereocenters. The zero-order valence-electron chi connectivity index (χ0n) is 14.1. The first kappa shape index (κ1) is 16.9. The minimum atomic E-state index is -0.261. The summed E-state index contributed by atoms with van der Waals surface area (Å²) in [5.41, 5.74) is 7.72. The molecule has 0 saturated heterocycles. The summed E-state index contributed by atoms with van der Waals surface area (Å²) in [6, 6.07) is 7.80. The second kappa shape index (κ2) is 7.74. The van der Waals surface area contributed by atoms with Gasteiger partial charge in [-0.05, 0) is 37.8 Å². The molecule has 3 N–H and O–H groups in total. The number of benzene rings is 1. The van der Waals surface area contributed by atoms with E-state index >= 15 is 0 Å². The van der Waals surface area contributed by atoms with E-state index < -0.39 is 0 Å². The topological polar surface area (TPSA) is 103 Å². The molecule has 0 unspecified atom stereocenters. The number of esters is 1. The predicted octanol–water partition coefficient (Wildman–Crippen LogP) is 2.91. The van der Waals surface area contributed by atoms with Gasteiger partial charge in [-0.15, -0.1) is 0 Å². The molecule has 1 aliphatic rings. The molecule has 1 aliphatic carbocycles. The minimum absolute atomic E-state index is 0.0232. The third-order valence-electron chi connectivity index (χ3n) is 3.91. The maximum atomic E-state index is 11.9. The van der Waals surface area contributed by atoms with Gasteiger partial charge in [0, 0.05) is 5.69 Å². The van der Waals surface area contributed by atoms with Crippen molar-refractivity contribution in [1.82, 2.24) is 15.0 Å². The van der Waals surface area contributed by atoms with Gasteiger partial charge in [0.1, 0.15) is 0 Å². The van der Waals surface area contributed by atoms with Crippen LogP contribution in [-0.2, 0) is 16.1 Å². The van der Waals surface area contributed by atoms with Crippen LogP contribution < -0.4 is 11.1 Å². The number of anilines is 3. The number of nitrogens with zero attached hydrogens (tertiary/aromatic N) is 3. The van der Waals surface area contributed by atoms with Crippen LogP contribution in [0.5, 0.6) is 0 Å². The Hall–Kier alpha value is -2.96. The third kappa shape index (κ3) is 5.00. The Bertz CT molecular complexity index is 774. The Balaban J connectivity index is 1.59. The molecule has 0 radical (unpaired) electrons. The monoisotopic (exact) mass is 339 g/mol. The van der Waals surface area contributed by atoms with Gasteiger partial charge >= 0.3 is 5.97 Å². The average molecular weight is 339 g/mol. The molecule has 1 aromatic carbocycles. The fourth-order valence-corrected chi connectivity index (χ4v) is 2.61. The second-order valence-corrected chi connectivity index (χ2v) is 6.05. The van der Waals surface area contributed by atoms with Crippen molar-refractivity contribution in [2.75, 3.05) is 11.1 Å². The molecule has 7 nitrogen and oxygen atoms in total. The van der Waals surface area contributed by atoms with Crippen LogP contribution in [0.2, 0.25) is 0 Å². The Kier molecular flexibility index (Phi) is 5.23. The summed E-state index contributed by atoms with van der Waals surface area (Å²) in [5.74, 6) is 0.728. The van der Waals surface area contributed by atoms with E-state index in [1.807, 2.05) is 31.2 Å². The number of rotatable bonds is 6. The highest BCUT2D eigenvalue weighted by Gasteiger charge is 2.15. The van der Waals surface area contributed by atoms with Crippen molar-refractivity contribution >= 4 is 23.6 Å². The molecule has 0 saturated carbocycles. The van der Waals surface area contributed by atoms with Gasteiger partial charge in [0.15, 0.2) is 12.4 Å². The van der Waals surface area contributed by atoms with Crippen LogP contribution in [0.1, 0.15) is 30.7 Å². The molecule has 25 heavy (non-hydrogen) atoms. The quantitative estimate of drug-likeness (QED) is 0.616. The summed E-state index contributed by atoms with van der Waals surface area (Å²) in [7, 11) is 0. The van der Waals surface area contributed by atoms with Crippen LogP contribution in [0.4, 0.5) is 17.6 Å². The number of aryl methyl sites for hydroxylation is 1. The van der Waals surface area contributed by atoms with E-state index in [4.69, 9.17) is 10.5 Å². The molecule has 2 aromatic rings. The number of nitrogen functional groups attached to an aromatic ring is 1. The van der Waals surface area contributed by atoms with E-state index in [1.54, 1.807) is 0 Å². The Labute approximate surface area is 146 Å². The summed E-state index contributed by atoms with van der Waals surface area (Å²) < 4.78 is 5.26. The molecule has 0 aliphatic heterocycles. The lowest BCUT2D eigenvalue weighted by Gasteiger charge is -2.09. The second-order valence-electron chi connectivity index (χ2n) is 6.05. The van der Waals surface area contributed by atoms with Crippen LogP contribution in [0, 0.1) is 12.8 Å². The summed E-state index contributed by atoms with van der Waals surface area (Å²) in [6.07, 6.45) is 6.55. The first-order valence-corrected chi connectivity index (χ1v) is 8.25. The number of hydrogen-bond acceptors (Lipinski definition) is 7. The number of aromatic nitrogens is 3. The summed E-state index contributed by atoms with van der Waals surface area (Å²) in [5, 5.41) is 3.07. The van der Waals surface area contributed by atoms with Crippen molar-refractivity contribution in [3.05, 3.63) is 47.8 Å². The van der Waals surface area contributed by atoms with Crippen molar-refractivity contribution in [3.63, 3.8) is 0 Å². The smallest absolute Gasteiger partial charge is 0.306 e. The maximum Gasteiger partial charge on any atom is 0.306 e. The van der Waals surface area contributed by atoms with Gasteiger partial charge in [-0.1, -0.05) is 29.8 Å². The van der Waals surface area contributed by atoms with Gasteiger partial charge in [-0.3, -0.25) is 4.79 Å². The molecule has 3 rings (SSSR count). The van der Waals surface area contributed by atoms with Gasteiger partial charge < -0.3 is 15.8 Å². The number of allylic oxidation sites excluding steroid dienone is 2. The van der Waals surface area contributed by atoms with E-state index in [9.17, 15) is 4.79 Å². The predicted molar refractivity (Wildman–Crippen MR) is 95.0 cm³/mol.